The monoisotopic (exact) mass is 1210 g/mol. The van der Waals surface area contributed by atoms with Crippen LogP contribution in [0.25, 0.3) is 43.1 Å². The molecule has 490 valence electrons. The molecule has 8 nitrogen and oxygen atoms in total. The molecule has 0 unspecified atom stereocenters. The van der Waals surface area contributed by atoms with Crippen molar-refractivity contribution in [1.29, 1.82) is 0 Å². The molecule has 89 heavy (non-hydrogen) atoms. The summed E-state index contributed by atoms with van der Waals surface area (Å²) in [4.78, 5) is 0. The maximum absolute atomic E-state index is 10.5. The van der Waals surface area contributed by atoms with E-state index in [9.17, 15) is 10.2 Å². The Kier molecular flexibility index (Phi) is 74.6. The molecule has 10 rings (SSSR count). The third-order valence-electron chi connectivity index (χ3n) is 10.0. The SMILES string of the molecule is CC.CC.CC.CC.CC.CC.CC.CC.CC.CC.CC.CC.CC.CN=Nc1ccccc1.Cc1cc2ccccc2c(O)c1N=Nc1ccc2ccccc2c1.Cc1cc2ccccc2c(O)c1N=Nc1ccccc1.c1ccc2ccccc2c1. The molecule has 2 N–H and O–H groups in total. The van der Waals surface area contributed by atoms with Gasteiger partial charge in [0.2, 0.25) is 0 Å². The molecular formula is C81H124N6O2. The van der Waals surface area contributed by atoms with Gasteiger partial charge in [0.25, 0.3) is 0 Å². The third kappa shape index (κ3) is 37.8. The summed E-state index contributed by atoms with van der Waals surface area (Å²) in [5, 5.41) is 53.8. The first-order valence-electron chi connectivity index (χ1n) is 33.5. The molecule has 10 aromatic rings. The fourth-order valence-corrected chi connectivity index (χ4v) is 6.85. The van der Waals surface area contributed by atoms with Gasteiger partial charge in [0.15, 0.2) is 11.5 Å². The average molecular weight is 1210 g/mol. The maximum atomic E-state index is 10.5. The number of aryl methyl sites for hydroxylation is 2. The zero-order valence-corrected chi connectivity index (χ0v) is 61.3. The highest BCUT2D eigenvalue weighted by atomic mass is 16.3. The standard InChI is InChI=1S/C21H16N2O.C17H14N2O.C10H8.C7H8N2.13C2H6/c1-14-12-17-8-4-5-9-19(17)21(24)20(14)23-22-18-11-10-15-6-2-3-7-16(15)13-18;1-12-11-13-7-5-6-10-15(13)17(20)16(12)19-18-14-8-3-2-4-9-14;1-2-6-10-8-4-3-7-9(10)5-1;1-8-9-7-5-3-2-4-6-7;13*1-2/h2-13,24H,1H3;2-11,20H,1H3;1-8H;2-6H,1H3;13*1-2H3. The summed E-state index contributed by atoms with van der Waals surface area (Å²) in [7, 11) is 1.66. The Balaban J connectivity index is -0.000000186. The van der Waals surface area contributed by atoms with Crippen LogP contribution < -0.4 is 0 Å². The van der Waals surface area contributed by atoms with Crippen molar-refractivity contribution in [1.82, 2.24) is 0 Å². The number of azo groups is 3. The quantitative estimate of drug-likeness (QED) is 0.167. The number of hydrogen-bond donors (Lipinski definition) is 2. The van der Waals surface area contributed by atoms with Gasteiger partial charge in [0.05, 0.1) is 17.1 Å². The van der Waals surface area contributed by atoms with Crippen molar-refractivity contribution in [3.05, 3.63) is 223 Å². The first-order chi connectivity index (χ1) is 43.9. The molecule has 0 spiro atoms. The normalized spacial score (nSPS) is 8.69. The molecule has 8 heteroatoms. The molecule has 0 saturated heterocycles. The maximum Gasteiger partial charge on any atom is 0.151 e. The molecule has 0 heterocycles. The number of hydrogen-bond acceptors (Lipinski definition) is 8. The van der Waals surface area contributed by atoms with Crippen molar-refractivity contribution >= 4 is 71.5 Å². The van der Waals surface area contributed by atoms with Crippen LogP contribution in [0.4, 0.5) is 28.4 Å². The third-order valence-corrected chi connectivity index (χ3v) is 10.0. The summed E-state index contributed by atoms with van der Waals surface area (Å²) in [5.41, 5.74) is 5.27. The van der Waals surface area contributed by atoms with Crippen LogP contribution in [0.15, 0.2) is 243 Å². The molecule has 0 amide bonds. The van der Waals surface area contributed by atoms with Crippen LogP contribution in [0.1, 0.15) is 191 Å². The minimum absolute atomic E-state index is 0.176. The zero-order chi connectivity index (χ0) is 69.8. The second-order valence-corrected chi connectivity index (χ2v) is 14.5. The van der Waals surface area contributed by atoms with E-state index < -0.39 is 0 Å². The van der Waals surface area contributed by atoms with Crippen LogP contribution in [0.2, 0.25) is 0 Å². The van der Waals surface area contributed by atoms with Gasteiger partial charge in [-0.2, -0.15) is 20.5 Å². The average Bonchev–Trinajstić information content (AvgIpc) is 3.63. The van der Waals surface area contributed by atoms with E-state index in [0.717, 1.165) is 55.1 Å². The van der Waals surface area contributed by atoms with Crippen LogP contribution in [-0.2, 0) is 0 Å². The molecule has 0 bridgehead atoms. The Labute approximate surface area is 545 Å². The van der Waals surface area contributed by atoms with E-state index in [0.29, 0.717) is 11.4 Å². The topological polar surface area (TPSA) is 115 Å². The van der Waals surface area contributed by atoms with E-state index >= 15 is 0 Å². The molecule has 10 aromatic carbocycles. The predicted octanol–water partition coefficient (Wildman–Crippen LogP) is 30.3. The number of benzene rings is 10. The van der Waals surface area contributed by atoms with E-state index in [2.05, 4.69) is 85.3 Å². The number of fused-ring (bicyclic) bond motifs is 4. The summed E-state index contributed by atoms with van der Waals surface area (Å²) in [6.45, 7) is 55.9. The number of rotatable bonds is 5. The predicted molar refractivity (Wildman–Crippen MR) is 408 cm³/mol. The fourth-order valence-electron chi connectivity index (χ4n) is 6.85. The van der Waals surface area contributed by atoms with Crippen molar-refractivity contribution in [3.8, 4) is 11.5 Å². The zero-order valence-electron chi connectivity index (χ0n) is 61.3. The van der Waals surface area contributed by atoms with E-state index in [1.807, 2.05) is 352 Å². The minimum Gasteiger partial charge on any atom is -0.505 e. The molecule has 0 saturated carbocycles. The number of phenols is 2. The van der Waals surface area contributed by atoms with Crippen LogP contribution >= 0.6 is 0 Å². The van der Waals surface area contributed by atoms with Gasteiger partial charge in [0.1, 0.15) is 11.4 Å². The smallest absolute Gasteiger partial charge is 0.151 e. The Morgan fingerprint density at radius 1 is 0.225 bits per heavy atom. The lowest BCUT2D eigenvalue weighted by molar-refractivity contribution is 0.482. The lowest BCUT2D eigenvalue weighted by Gasteiger charge is -2.07. The first-order valence-corrected chi connectivity index (χ1v) is 33.5. The lowest BCUT2D eigenvalue weighted by Crippen LogP contribution is -1.80. The highest BCUT2D eigenvalue weighted by Crippen LogP contribution is 2.40. The van der Waals surface area contributed by atoms with Gasteiger partial charge in [-0.1, -0.05) is 344 Å². The number of phenolic OH excluding ortho intramolecular Hbond substituents is 2. The first kappa shape index (κ1) is 94.3. The van der Waals surface area contributed by atoms with Crippen LogP contribution in [0.3, 0.4) is 0 Å². The Morgan fingerprint density at radius 3 is 0.787 bits per heavy atom. The van der Waals surface area contributed by atoms with Gasteiger partial charge in [-0.25, -0.2) is 0 Å². The van der Waals surface area contributed by atoms with E-state index in [4.69, 9.17) is 0 Å². The molecule has 0 radical (unpaired) electrons. The summed E-state index contributed by atoms with van der Waals surface area (Å²) < 4.78 is 0. The van der Waals surface area contributed by atoms with Gasteiger partial charge in [-0.15, -0.1) is 10.2 Å². The minimum atomic E-state index is 0.176. The summed E-state index contributed by atoms with van der Waals surface area (Å²) in [6, 6.07) is 69.4. The molecule has 0 aliphatic rings. The van der Waals surface area contributed by atoms with Gasteiger partial charge in [-0.3, -0.25) is 0 Å². The summed E-state index contributed by atoms with van der Waals surface area (Å²) in [6.07, 6.45) is 0. The van der Waals surface area contributed by atoms with Gasteiger partial charge < -0.3 is 10.2 Å². The highest BCUT2D eigenvalue weighted by molar-refractivity contribution is 5.95. The molecular weight excluding hydrogens is 1090 g/mol. The van der Waals surface area contributed by atoms with Crippen LogP contribution in [0.5, 0.6) is 11.5 Å². The van der Waals surface area contributed by atoms with E-state index in [-0.39, 0.29) is 11.5 Å². The second kappa shape index (κ2) is 70.4. The number of nitrogens with zero attached hydrogens (tertiary/aromatic N) is 6. The van der Waals surface area contributed by atoms with Crippen molar-refractivity contribution in [2.75, 3.05) is 7.05 Å². The van der Waals surface area contributed by atoms with Crippen molar-refractivity contribution < 1.29 is 10.2 Å². The van der Waals surface area contributed by atoms with Crippen molar-refractivity contribution in [2.45, 2.75) is 194 Å². The fraction of sp³-hybridized carbons (Fsp3) is 0.358. The Hall–Kier alpha value is -8.36. The van der Waals surface area contributed by atoms with Crippen molar-refractivity contribution in [3.63, 3.8) is 0 Å². The molecule has 0 aromatic heterocycles. The van der Waals surface area contributed by atoms with Crippen LogP contribution in [0, 0.1) is 13.8 Å². The second-order valence-electron chi connectivity index (χ2n) is 14.5. The number of aromatic hydroxyl groups is 2. The lowest BCUT2D eigenvalue weighted by atomic mass is 10.0. The van der Waals surface area contributed by atoms with Gasteiger partial charge >= 0.3 is 0 Å². The molecule has 0 aliphatic heterocycles. The Morgan fingerprint density at radius 2 is 0.472 bits per heavy atom. The Bertz CT molecular complexity index is 3120. The highest BCUT2D eigenvalue weighted by Gasteiger charge is 2.11. The van der Waals surface area contributed by atoms with Crippen molar-refractivity contribution in [2.24, 2.45) is 30.7 Å². The largest absolute Gasteiger partial charge is 0.505 e. The molecule has 0 fully saturated rings. The van der Waals surface area contributed by atoms with E-state index in [1.165, 1.54) is 16.2 Å². The summed E-state index contributed by atoms with van der Waals surface area (Å²) in [5.74, 6) is 0.357. The molecule has 0 atom stereocenters. The van der Waals surface area contributed by atoms with E-state index in [1.54, 1.807) is 7.05 Å². The van der Waals surface area contributed by atoms with Gasteiger partial charge in [0, 0.05) is 17.8 Å². The summed E-state index contributed by atoms with van der Waals surface area (Å²) >= 11 is 0. The van der Waals surface area contributed by atoms with Crippen LogP contribution in [-0.4, -0.2) is 17.3 Å². The van der Waals surface area contributed by atoms with Gasteiger partial charge in [-0.05, 0) is 106 Å². The molecule has 0 aliphatic carbocycles.